The van der Waals surface area contributed by atoms with E-state index < -0.39 is 16.0 Å². The molecule has 0 N–H and O–H groups in total. The molecular weight excluding hydrogens is 350 g/mol. The van der Waals surface area contributed by atoms with Gasteiger partial charge in [0.2, 0.25) is 0 Å². The van der Waals surface area contributed by atoms with Gasteiger partial charge in [0, 0.05) is 12.1 Å². The Labute approximate surface area is 154 Å². The molecule has 1 heterocycles. The Morgan fingerprint density at radius 1 is 1.08 bits per heavy atom. The molecular formula is C20H21NO4S. The first-order valence-electron chi connectivity index (χ1n) is 8.55. The molecule has 2 aromatic rings. The highest BCUT2D eigenvalue weighted by atomic mass is 32.2. The summed E-state index contributed by atoms with van der Waals surface area (Å²) in [4.78, 5) is 12.6. The van der Waals surface area contributed by atoms with Crippen LogP contribution in [0.1, 0.15) is 41.3 Å². The van der Waals surface area contributed by atoms with Crippen LogP contribution in [0.2, 0.25) is 0 Å². The van der Waals surface area contributed by atoms with Crippen LogP contribution in [0.5, 0.6) is 0 Å². The number of sulfonamides is 1. The molecule has 1 aliphatic heterocycles. The van der Waals surface area contributed by atoms with Crippen LogP contribution < -0.4 is 0 Å². The highest BCUT2D eigenvalue weighted by Gasteiger charge is 2.32. The Morgan fingerprint density at radius 2 is 1.77 bits per heavy atom. The van der Waals surface area contributed by atoms with E-state index in [1.165, 1.54) is 16.6 Å². The number of unbranched alkanes of at least 4 members (excludes halogenated alkanes) is 1. The molecule has 0 unspecified atom stereocenters. The maximum absolute atomic E-state index is 12.8. The number of nitrogens with zero attached hydrogens (tertiary/aromatic N) is 1. The third-order valence-electron chi connectivity index (χ3n) is 4.22. The van der Waals surface area contributed by atoms with Crippen LogP contribution in [0.25, 0.3) is 5.76 Å². The van der Waals surface area contributed by atoms with Gasteiger partial charge in [-0.3, -0.25) is 4.31 Å². The largest absolute Gasteiger partial charge is 0.421 e. The summed E-state index contributed by atoms with van der Waals surface area (Å²) in [7, 11) is -3.63. The fourth-order valence-electron chi connectivity index (χ4n) is 2.72. The molecule has 136 valence electrons. The van der Waals surface area contributed by atoms with Crippen molar-refractivity contribution in [2.75, 3.05) is 6.54 Å². The van der Waals surface area contributed by atoms with Gasteiger partial charge in [0.25, 0.3) is 10.0 Å². The number of ether oxygens (including phenoxy) is 1. The molecule has 26 heavy (non-hydrogen) atoms. The summed E-state index contributed by atoms with van der Waals surface area (Å²) in [5, 5.41) is 0. The van der Waals surface area contributed by atoms with Gasteiger partial charge in [-0.1, -0.05) is 43.2 Å². The number of rotatable bonds is 5. The Bertz CT molecular complexity index is 946. The first-order valence-corrected chi connectivity index (χ1v) is 9.99. The zero-order valence-corrected chi connectivity index (χ0v) is 15.6. The molecule has 0 radical (unpaired) electrons. The quantitative estimate of drug-likeness (QED) is 0.747. The van der Waals surface area contributed by atoms with Crippen LogP contribution >= 0.6 is 0 Å². The lowest BCUT2D eigenvalue weighted by Crippen LogP contribution is -2.31. The number of hydrogen-bond acceptors (Lipinski definition) is 4. The maximum atomic E-state index is 12.8. The van der Waals surface area contributed by atoms with Gasteiger partial charge < -0.3 is 4.74 Å². The van der Waals surface area contributed by atoms with Crippen LogP contribution in [0.3, 0.4) is 0 Å². The summed E-state index contributed by atoms with van der Waals surface area (Å²) in [5.41, 5.74) is 1.86. The number of benzene rings is 2. The minimum atomic E-state index is -3.63. The minimum absolute atomic E-state index is 0.158. The summed E-state index contributed by atoms with van der Waals surface area (Å²) < 4.78 is 32.4. The van der Waals surface area contributed by atoms with Crippen LogP contribution in [0, 0.1) is 6.92 Å². The Morgan fingerprint density at radius 3 is 2.46 bits per heavy atom. The average molecular weight is 371 g/mol. The molecule has 0 amide bonds. The van der Waals surface area contributed by atoms with E-state index in [9.17, 15) is 13.2 Å². The molecule has 0 atom stereocenters. The molecule has 0 spiro atoms. The molecule has 0 bridgehead atoms. The summed E-state index contributed by atoms with van der Waals surface area (Å²) >= 11 is 0. The molecule has 0 aliphatic carbocycles. The number of carbonyl (C=O) groups excluding carboxylic acids is 1. The Hall–Kier alpha value is -2.60. The van der Waals surface area contributed by atoms with Crippen molar-refractivity contribution < 1.29 is 17.9 Å². The van der Waals surface area contributed by atoms with Crippen LogP contribution in [0.15, 0.2) is 59.6 Å². The summed E-state index contributed by atoms with van der Waals surface area (Å²) in [6, 6.07) is 13.6. The SMILES string of the molecule is CCCCN1C=C(OC(=O)c2ccc(C)cc2)c2ccccc2S1(=O)=O. The number of fused-ring (bicyclic) bond motifs is 1. The first kappa shape index (κ1) is 18.2. The molecule has 0 aromatic heterocycles. The molecule has 1 aliphatic rings. The van der Waals surface area contributed by atoms with Crippen molar-refractivity contribution in [1.29, 1.82) is 0 Å². The van der Waals surface area contributed by atoms with Gasteiger partial charge in [-0.15, -0.1) is 0 Å². The molecule has 2 aromatic carbocycles. The fourth-order valence-corrected chi connectivity index (χ4v) is 4.27. The van der Waals surface area contributed by atoms with Crippen molar-refractivity contribution in [2.45, 2.75) is 31.6 Å². The van der Waals surface area contributed by atoms with Crippen LogP contribution in [0.4, 0.5) is 0 Å². The van der Waals surface area contributed by atoms with Crippen LogP contribution in [-0.2, 0) is 14.8 Å². The monoisotopic (exact) mass is 371 g/mol. The summed E-state index contributed by atoms with van der Waals surface area (Å²) in [6.45, 7) is 4.27. The van der Waals surface area contributed by atoms with Crippen molar-refractivity contribution in [3.63, 3.8) is 0 Å². The Kier molecular flexibility index (Phi) is 5.13. The highest BCUT2D eigenvalue weighted by Crippen LogP contribution is 2.33. The van der Waals surface area contributed by atoms with Gasteiger partial charge in [-0.25, -0.2) is 13.2 Å². The smallest absolute Gasteiger partial charge is 0.343 e. The number of hydrogen-bond donors (Lipinski definition) is 0. The van der Waals surface area contributed by atoms with Crippen molar-refractivity contribution >= 4 is 21.8 Å². The molecule has 0 fully saturated rings. The minimum Gasteiger partial charge on any atom is -0.421 e. The van der Waals surface area contributed by atoms with Gasteiger partial charge in [-0.05, 0) is 37.6 Å². The van der Waals surface area contributed by atoms with E-state index in [4.69, 9.17) is 4.74 Å². The topological polar surface area (TPSA) is 63.7 Å². The molecule has 0 saturated heterocycles. The maximum Gasteiger partial charge on any atom is 0.343 e. The number of carbonyl (C=O) groups is 1. The lowest BCUT2D eigenvalue weighted by atomic mass is 10.1. The number of aryl methyl sites for hydroxylation is 1. The van der Waals surface area contributed by atoms with Crippen molar-refractivity contribution in [3.05, 3.63) is 71.4 Å². The van der Waals surface area contributed by atoms with Crippen molar-refractivity contribution in [1.82, 2.24) is 4.31 Å². The predicted molar refractivity (Wildman–Crippen MR) is 99.8 cm³/mol. The van der Waals surface area contributed by atoms with E-state index in [2.05, 4.69) is 0 Å². The van der Waals surface area contributed by atoms with Gasteiger partial charge in [0.15, 0.2) is 5.76 Å². The van der Waals surface area contributed by atoms with Gasteiger partial charge in [0.05, 0.1) is 16.7 Å². The van der Waals surface area contributed by atoms with Gasteiger partial charge >= 0.3 is 5.97 Å². The van der Waals surface area contributed by atoms with E-state index >= 15 is 0 Å². The van der Waals surface area contributed by atoms with E-state index in [1.807, 2.05) is 26.0 Å². The van der Waals surface area contributed by atoms with E-state index in [1.54, 1.807) is 30.3 Å². The molecule has 5 nitrogen and oxygen atoms in total. The van der Waals surface area contributed by atoms with Crippen molar-refractivity contribution in [2.24, 2.45) is 0 Å². The van der Waals surface area contributed by atoms with Gasteiger partial charge in [-0.2, -0.15) is 0 Å². The zero-order valence-electron chi connectivity index (χ0n) is 14.8. The van der Waals surface area contributed by atoms with Crippen LogP contribution in [-0.4, -0.2) is 25.2 Å². The molecule has 6 heteroatoms. The number of esters is 1. The molecule has 0 saturated carbocycles. The Balaban J connectivity index is 1.97. The first-order chi connectivity index (χ1) is 12.4. The molecule has 3 rings (SSSR count). The standard InChI is InChI=1S/C20H21NO4S/c1-3-4-13-21-14-18(17-7-5-6-8-19(17)26(21,23)24)25-20(22)16-11-9-15(2)10-12-16/h5-12,14H,3-4,13H2,1-2H3. The second-order valence-corrected chi connectivity index (χ2v) is 8.07. The summed E-state index contributed by atoms with van der Waals surface area (Å²) in [5.74, 6) is -0.266. The lowest BCUT2D eigenvalue weighted by molar-refractivity contribution is 0.0689. The third kappa shape index (κ3) is 3.51. The van der Waals surface area contributed by atoms with Crippen molar-refractivity contribution in [3.8, 4) is 0 Å². The summed E-state index contributed by atoms with van der Waals surface area (Å²) in [6.07, 6.45) is 3.00. The third-order valence-corrected chi connectivity index (χ3v) is 6.04. The second-order valence-electron chi connectivity index (χ2n) is 6.21. The van der Waals surface area contributed by atoms with E-state index in [-0.39, 0.29) is 10.7 Å². The fraction of sp³-hybridized carbons (Fsp3) is 0.250. The normalized spacial score (nSPS) is 15.2. The second kappa shape index (κ2) is 7.33. The van der Waals surface area contributed by atoms with E-state index in [0.717, 1.165) is 18.4 Å². The lowest BCUT2D eigenvalue weighted by Gasteiger charge is -2.27. The van der Waals surface area contributed by atoms with Gasteiger partial charge in [0.1, 0.15) is 0 Å². The zero-order chi connectivity index (χ0) is 18.7. The highest BCUT2D eigenvalue weighted by molar-refractivity contribution is 7.89. The average Bonchev–Trinajstić information content (AvgIpc) is 2.63. The predicted octanol–water partition coefficient (Wildman–Crippen LogP) is 3.95. The van der Waals surface area contributed by atoms with E-state index in [0.29, 0.717) is 17.7 Å².